The van der Waals surface area contributed by atoms with E-state index in [1.165, 1.54) is 0 Å². The quantitative estimate of drug-likeness (QED) is 0.751. The third-order valence-corrected chi connectivity index (χ3v) is 4.53. The van der Waals surface area contributed by atoms with E-state index in [1.807, 2.05) is 38.1 Å². The number of carbonyl (C=O) groups excluding carboxylic acids is 2. The lowest BCUT2D eigenvalue weighted by Gasteiger charge is -2.16. The molecule has 0 heterocycles. The molecule has 0 spiro atoms. The van der Waals surface area contributed by atoms with Crippen molar-refractivity contribution in [3.63, 3.8) is 0 Å². The molecule has 132 valence electrons. The minimum absolute atomic E-state index is 0.286. The van der Waals surface area contributed by atoms with Gasteiger partial charge in [-0.1, -0.05) is 49.7 Å². The summed E-state index contributed by atoms with van der Waals surface area (Å²) in [6.45, 7) is 7.92. The summed E-state index contributed by atoms with van der Waals surface area (Å²) in [5.41, 5.74) is 3.93. The molecule has 0 aliphatic carbocycles. The fraction of sp³-hybridized carbons (Fsp3) is 0.300. The average Bonchev–Trinajstić information content (AvgIpc) is 2.57. The Kier molecular flexibility index (Phi) is 6.21. The van der Waals surface area contributed by atoms with Gasteiger partial charge in [-0.3, -0.25) is 9.59 Å². The van der Waals surface area contributed by atoms with Crippen LogP contribution in [-0.2, 0) is 9.59 Å². The largest absolute Gasteiger partial charge is 0.318 e. The minimum Gasteiger partial charge on any atom is -0.318 e. The summed E-state index contributed by atoms with van der Waals surface area (Å²) in [4.78, 5) is 24.6. The predicted octanol–water partition coefficient (Wildman–Crippen LogP) is 5.05. The number of rotatable bonds is 4. The molecule has 2 amide bonds. The molecular formula is C20H23ClN2O2. The van der Waals surface area contributed by atoms with Crippen LogP contribution >= 0.6 is 11.6 Å². The number of carbonyl (C=O) groups is 2. The molecule has 0 radical (unpaired) electrons. The number of benzene rings is 2. The van der Waals surface area contributed by atoms with Crippen LogP contribution in [-0.4, -0.2) is 11.8 Å². The highest BCUT2D eigenvalue weighted by Gasteiger charge is 2.19. The molecule has 1 atom stereocenters. The highest BCUT2D eigenvalue weighted by Crippen LogP contribution is 2.28. The molecule has 0 aliphatic rings. The van der Waals surface area contributed by atoms with Crippen LogP contribution in [0.5, 0.6) is 0 Å². The van der Waals surface area contributed by atoms with E-state index in [2.05, 4.69) is 24.5 Å². The average molecular weight is 359 g/mol. The molecule has 2 aromatic rings. The van der Waals surface area contributed by atoms with Gasteiger partial charge in [0.1, 0.15) is 0 Å². The van der Waals surface area contributed by atoms with Crippen molar-refractivity contribution in [2.75, 3.05) is 10.6 Å². The number of anilines is 2. The Morgan fingerprint density at radius 1 is 1.08 bits per heavy atom. The topological polar surface area (TPSA) is 58.2 Å². The number of amides is 2. The minimum atomic E-state index is -0.743. The fourth-order valence-electron chi connectivity index (χ4n) is 2.68. The van der Waals surface area contributed by atoms with Crippen LogP contribution in [0.2, 0.25) is 5.02 Å². The third-order valence-electron chi connectivity index (χ3n) is 4.23. The first-order valence-electron chi connectivity index (χ1n) is 8.31. The smallest absolute Gasteiger partial charge is 0.314 e. The molecule has 2 rings (SSSR count). The van der Waals surface area contributed by atoms with Crippen LogP contribution in [0, 0.1) is 13.8 Å². The summed E-state index contributed by atoms with van der Waals surface area (Å²) in [6.07, 6.45) is 0.942. The van der Waals surface area contributed by atoms with E-state index in [-0.39, 0.29) is 5.92 Å². The number of hydrogen-bond acceptors (Lipinski definition) is 2. The maximum atomic E-state index is 12.3. The van der Waals surface area contributed by atoms with Crippen molar-refractivity contribution in [2.24, 2.45) is 0 Å². The normalized spacial score (nSPS) is 11.7. The number of aryl methyl sites for hydroxylation is 2. The van der Waals surface area contributed by atoms with Crippen LogP contribution < -0.4 is 10.6 Å². The van der Waals surface area contributed by atoms with E-state index in [1.54, 1.807) is 12.1 Å². The lowest BCUT2D eigenvalue weighted by Crippen LogP contribution is -2.30. The molecule has 0 saturated carbocycles. The van der Waals surface area contributed by atoms with Crippen molar-refractivity contribution in [2.45, 2.75) is 40.0 Å². The standard InChI is InChI=1S/C20H23ClN2O2/c1-5-13(3)15-8-6-7-9-17(15)22-19(24)20(25)23-18-14(4)10-12(2)11-16(18)21/h6-11,13H,5H2,1-4H3,(H,22,24)(H,23,25). The van der Waals surface area contributed by atoms with Crippen LogP contribution in [0.1, 0.15) is 42.9 Å². The van der Waals surface area contributed by atoms with E-state index in [0.717, 1.165) is 23.1 Å². The van der Waals surface area contributed by atoms with Crippen molar-refractivity contribution in [1.82, 2.24) is 0 Å². The maximum Gasteiger partial charge on any atom is 0.314 e. The van der Waals surface area contributed by atoms with Crippen molar-refractivity contribution in [3.05, 3.63) is 58.1 Å². The van der Waals surface area contributed by atoms with E-state index >= 15 is 0 Å². The van der Waals surface area contributed by atoms with E-state index in [4.69, 9.17) is 11.6 Å². The molecule has 1 unspecified atom stereocenters. The Morgan fingerprint density at radius 3 is 2.36 bits per heavy atom. The van der Waals surface area contributed by atoms with Gasteiger partial charge in [-0.25, -0.2) is 0 Å². The molecule has 5 heteroatoms. The second kappa shape index (κ2) is 8.17. The third kappa shape index (κ3) is 4.60. The van der Waals surface area contributed by atoms with Gasteiger partial charge in [-0.05, 0) is 55.0 Å². The zero-order chi connectivity index (χ0) is 18.6. The molecule has 0 fully saturated rings. The lowest BCUT2D eigenvalue weighted by atomic mass is 9.97. The second-order valence-electron chi connectivity index (χ2n) is 6.24. The van der Waals surface area contributed by atoms with Crippen molar-refractivity contribution in [1.29, 1.82) is 0 Å². The van der Waals surface area contributed by atoms with Gasteiger partial charge in [0.2, 0.25) is 0 Å². The first-order valence-corrected chi connectivity index (χ1v) is 8.69. The van der Waals surface area contributed by atoms with Gasteiger partial charge in [0.25, 0.3) is 0 Å². The van der Waals surface area contributed by atoms with E-state index in [9.17, 15) is 9.59 Å². The number of hydrogen-bond donors (Lipinski definition) is 2. The van der Waals surface area contributed by atoms with Crippen molar-refractivity contribution < 1.29 is 9.59 Å². The van der Waals surface area contributed by atoms with Gasteiger partial charge in [0.05, 0.1) is 10.7 Å². The zero-order valence-electron chi connectivity index (χ0n) is 14.9. The Hall–Kier alpha value is -2.33. The molecule has 4 nitrogen and oxygen atoms in total. The SMILES string of the molecule is CCC(C)c1ccccc1NC(=O)C(=O)Nc1c(C)cc(C)cc1Cl. The highest BCUT2D eigenvalue weighted by molar-refractivity contribution is 6.45. The van der Waals surface area contributed by atoms with Crippen LogP contribution in [0.25, 0.3) is 0 Å². The first-order chi connectivity index (χ1) is 11.8. The molecule has 0 bridgehead atoms. The molecular weight excluding hydrogens is 336 g/mol. The van der Waals surface area contributed by atoms with Gasteiger partial charge in [0.15, 0.2) is 0 Å². The molecule has 0 aliphatic heterocycles. The zero-order valence-corrected chi connectivity index (χ0v) is 15.7. The van der Waals surface area contributed by atoms with Gasteiger partial charge in [-0.15, -0.1) is 0 Å². The Morgan fingerprint density at radius 2 is 1.72 bits per heavy atom. The predicted molar refractivity (Wildman–Crippen MR) is 103 cm³/mol. The summed E-state index contributed by atoms with van der Waals surface area (Å²) in [6, 6.07) is 11.2. The highest BCUT2D eigenvalue weighted by atomic mass is 35.5. The summed E-state index contributed by atoms with van der Waals surface area (Å²) in [5.74, 6) is -1.17. The first kappa shape index (κ1) is 19.0. The Labute approximate surface area is 153 Å². The fourth-order valence-corrected chi connectivity index (χ4v) is 3.05. The van der Waals surface area contributed by atoms with Gasteiger partial charge < -0.3 is 10.6 Å². The van der Waals surface area contributed by atoms with Gasteiger partial charge in [-0.2, -0.15) is 0 Å². The van der Waals surface area contributed by atoms with Crippen molar-refractivity contribution >= 4 is 34.8 Å². The van der Waals surface area contributed by atoms with Crippen LogP contribution in [0.15, 0.2) is 36.4 Å². The molecule has 0 aromatic heterocycles. The molecule has 0 saturated heterocycles. The van der Waals surface area contributed by atoms with E-state index in [0.29, 0.717) is 16.4 Å². The molecule has 2 N–H and O–H groups in total. The maximum absolute atomic E-state index is 12.3. The Balaban J connectivity index is 2.16. The van der Waals surface area contributed by atoms with E-state index < -0.39 is 11.8 Å². The van der Waals surface area contributed by atoms with Gasteiger partial charge >= 0.3 is 11.8 Å². The second-order valence-corrected chi connectivity index (χ2v) is 6.65. The van der Waals surface area contributed by atoms with Gasteiger partial charge in [0, 0.05) is 5.69 Å². The number of para-hydroxylation sites is 1. The summed E-state index contributed by atoms with van der Waals surface area (Å²) in [7, 11) is 0. The monoisotopic (exact) mass is 358 g/mol. The van der Waals surface area contributed by atoms with Crippen LogP contribution in [0.3, 0.4) is 0 Å². The molecule has 25 heavy (non-hydrogen) atoms. The summed E-state index contributed by atoms with van der Waals surface area (Å²) < 4.78 is 0. The van der Waals surface area contributed by atoms with Crippen LogP contribution in [0.4, 0.5) is 11.4 Å². The number of halogens is 1. The lowest BCUT2D eigenvalue weighted by molar-refractivity contribution is -0.133. The summed E-state index contributed by atoms with van der Waals surface area (Å²) in [5, 5.41) is 5.72. The molecule has 2 aromatic carbocycles. The van der Waals surface area contributed by atoms with Crippen molar-refractivity contribution in [3.8, 4) is 0 Å². The summed E-state index contributed by atoms with van der Waals surface area (Å²) >= 11 is 6.18. The Bertz CT molecular complexity index is 779. The number of nitrogens with one attached hydrogen (secondary N) is 2.